The quantitative estimate of drug-likeness (QED) is 0.474. The SMILES string of the molecule is [Zr].[c-]1cnnnn1. The van der Waals surface area contributed by atoms with E-state index < -0.39 is 0 Å². The van der Waals surface area contributed by atoms with E-state index in [9.17, 15) is 0 Å². The maximum Gasteiger partial charge on any atom is 0 e. The molecule has 1 heterocycles. The average molecular weight is 172 g/mol. The molecule has 0 N–H and O–H groups in total. The van der Waals surface area contributed by atoms with Gasteiger partial charge in [-0.1, -0.05) is 5.21 Å². The Hall–Kier alpha value is -0.177. The second-order valence-electron chi connectivity index (χ2n) is 0.653. The van der Waals surface area contributed by atoms with Gasteiger partial charge < -0.3 is 11.3 Å². The number of hydrogen-bond acceptors (Lipinski definition) is 4. The van der Waals surface area contributed by atoms with Crippen molar-refractivity contribution in [2.24, 2.45) is 0 Å². The maximum absolute atomic E-state index is 3.31. The van der Waals surface area contributed by atoms with Crippen LogP contribution in [0.2, 0.25) is 0 Å². The molecule has 0 spiro atoms. The molecule has 0 fully saturated rings. The molecule has 1 rings (SSSR count). The normalized spacial score (nSPS) is 6.86. The smallest absolute Gasteiger partial charge is 0 e. The summed E-state index contributed by atoms with van der Waals surface area (Å²) >= 11 is 0. The Balaban J connectivity index is 0.000000360. The van der Waals surface area contributed by atoms with Crippen LogP contribution in [0.4, 0.5) is 0 Å². The Bertz CT molecular complexity index is 81.6. The number of aromatic nitrogens is 4. The van der Waals surface area contributed by atoms with Gasteiger partial charge in [0.15, 0.2) is 0 Å². The summed E-state index contributed by atoms with van der Waals surface area (Å²) in [7, 11) is 0. The van der Waals surface area contributed by atoms with Crippen molar-refractivity contribution in [2.45, 2.75) is 0 Å². The van der Waals surface area contributed by atoms with Crippen molar-refractivity contribution in [2.75, 3.05) is 0 Å². The predicted octanol–water partition coefficient (Wildman–Crippen LogP) is -0.936. The summed E-state index contributed by atoms with van der Waals surface area (Å²) in [6, 6.07) is 0. The van der Waals surface area contributed by atoms with Crippen LogP contribution < -0.4 is 0 Å². The summed E-state index contributed by atoms with van der Waals surface area (Å²) < 4.78 is 0. The van der Waals surface area contributed by atoms with E-state index in [2.05, 4.69) is 26.8 Å². The second-order valence-corrected chi connectivity index (χ2v) is 0.653. The van der Waals surface area contributed by atoms with E-state index in [1.807, 2.05) is 0 Å². The number of nitrogens with zero attached hydrogens (tertiary/aromatic N) is 4. The predicted molar refractivity (Wildman–Crippen MR) is 16.5 cm³/mol. The van der Waals surface area contributed by atoms with Gasteiger partial charge in [0.25, 0.3) is 0 Å². The number of hydrogen-bond donors (Lipinski definition) is 0. The van der Waals surface area contributed by atoms with Gasteiger partial charge in [-0.05, 0) is 5.21 Å². The Kier molecular flexibility index (Phi) is 3.89. The van der Waals surface area contributed by atoms with Crippen LogP contribution >= 0.6 is 0 Å². The Morgan fingerprint density at radius 2 is 2.14 bits per heavy atom. The molecule has 0 saturated carbocycles. The first-order chi connectivity index (χ1) is 3.00. The Labute approximate surface area is 59.5 Å². The molecule has 0 atom stereocenters. The first-order valence-electron chi connectivity index (χ1n) is 1.37. The third kappa shape index (κ3) is 2.51. The van der Waals surface area contributed by atoms with Crippen LogP contribution in [0, 0.1) is 6.20 Å². The van der Waals surface area contributed by atoms with E-state index in [0.29, 0.717) is 0 Å². The van der Waals surface area contributed by atoms with E-state index in [4.69, 9.17) is 0 Å². The fraction of sp³-hybridized carbons (Fsp3) is 0. The van der Waals surface area contributed by atoms with Crippen molar-refractivity contribution in [3.8, 4) is 0 Å². The van der Waals surface area contributed by atoms with E-state index in [-0.39, 0.29) is 26.2 Å². The third-order valence-electron chi connectivity index (χ3n) is 0.310. The molecule has 0 aromatic carbocycles. The van der Waals surface area contributed by atoms with Gasteiger partial charge in [-0.15, -0.1) is 6.20 Å². The molecule has 0 aliphatic rings. The largest absolute Gasteiger partial charge is 0.348 e. The van der Waals surface area contributed by atoms with Crippen LogP contribution in [0.1, 0.15) is 0 Å². The molecule has 1 aromatic rings. The monoisotopic (exact) mass is 171 g/mol. The summed E-state index contributed by atoms with van der Waals surface area (Å²) in [6.45, 7) is 0. The molecule has 0 unspecified atom stereocenters. The molecule has 5 heteroatoms. The van der Waals surface area contributed by atoms with Crippen LogP contribution in [-0.2, 0) is 26.2 Å². The molecule has 0 saturated heterocycles. The van der Waals surface area contributed by atoms with Crippen molar-refractivity contribution in [1.82, 2.24) is 20.6 Å². The summed E-state index contributed by atoms with van der Waals surface area (Å²) in [5.74, 6) is 0. The van der Waals surface area contributed by atoms with Crippen LogP contribution in [0.25, 0.3) is 0 Å². The van der Waals surface area contributed by atoms with Crippen molar-refractivity contribution >= 4 is 0 Å². The van der Waals surface area contributed by atoms with Gasteiger partial charge in [-0.3, -0.25) is 0 Å². The van der Waals surface area contributed by atoms with Crippen LogP contribution in [-0.4, -0.2) is 20.6 Å². The molecular weight excluding hydrogens is 171 g/mol. The van der Waals surface area contributed by atoms with Crippen molar-refractivity contribution < 1.29 is 26.2 Å². The zero-order valence-electron chi connectivity index (χ0n) is 3.37. The number of rotatable bonds is 0. The van der Waals surface area contributed by atoms with E-state index >= 15 is 0 Å². The van der Waals surface area contributed by atoms with Crippen LogP contribution in [0.5, 0.6) is 0 Å². The molecule has 7 heavy (non-hydrogen) atoms. The Morgan fingerprint density at radius 3 is 2.29 bits per heavy atom. The van der Waals surface area contributed by atoms with Gasteiger partial charge in [0.2, 0.25) is 0 Å². The van der Waals surface area contributed by atoms with Crippen molar-refractivity contribution in [3.05, 3.63) is 12.4 Å². The van der Waals surface area contributed by atoms with Gasteiger partial charge in [-0.25, -0.2) is 0 Å². The first-order valence-corrected chi connectivity index (χ1v) is 1.37. The molecule has 0 aliphatic heterocycles. The average Bonchev–Trinajstić information content (AvgIpc) is 1.72. The molecule has 0 amide bonds. The van der Waals surface area contributed by atoms with Crippen molar-refractivity contribution in [1.29, 1.82) is 0 Å². The molecule has 0 bridgehead atoms. The minimum absolute atomic E-state index is 0. The first kappa shape index (κ1) is 6.82. The van der Waals surface area contributed by atoms with Gasteiger partial charge in [-0.2, -0.15) is 5.10 Å². The fourth-order valence-electron chi connectivity index (χ4n) is 0.146. The van der Waals surface area contributed by atoms with Crippen LogP contribution in [0.15, 0.2) is 6.20 Å². The van der Waals surface area contributed by atoms with Gasteiger partial charge in [0, 0.05) is 26.2 Å². The van der Waals surface area contributed by atoms with Gasteiger partial charge in [0.1, 0.15) is 0 Å². The van der Waals surface area contributed by atoms with Gasteiger partial charge in [0.05, 0.1) is 0 Å². The zero-order chi connectivity index (χ0) is 4.24. The fourth-order valence-corrected chi connectivity index (χ4v) is 0.146. The molecule has 1 aromatic heterocycles. The summed E-state index contributed by atoms with van der Waals surface area (Å²) in [5.41, 5.74) is 0. The maximum atomic E-state index is 3.31. The molecular formula is C2HN4Zr-. The minimum Gasteiger partial charge on any atom is -0.348 e. The molecule has 0 radical (unpaired) electrons. The third-order valence-corrected chi connectivity index (χ3v) is 0.310. The summed E-state index contributed by atoms with van der Waals surface area (Å²) in [5, 5.41) is 12.8. The minimum atomic E-state index is 0. The summed E-state index contributed by atoms with van der Waals surface area (Å²) in [6.07, 6.45) is 3.70. The second kappa shape index (κ2) is 3.99. The van der Waals surface area contributed by atoms with Crippen LogP contribution in [0.3, 0.4) is 0 Å². The molecule has 34 valence electrons. The summed E-state index contributed by atoms with van der Waals surface area (Å²) in [4.78, 5) is 0. The standard InChI is InChI=1S/C2HN4.Zr/c1-2-4-6-5-3-1;/h1H;/q-1;. The van der Waals surface area contributed by atoms with E-state index in [1.165, 1.54) is 6.20 Å². The zero-order valence-corrected chi connectivity index (χ0v) is 5.82. The molecule has 4 nitrogen and oxygen atoms in total. The Morgan fingerprint density at radius 1 is 1.29 bits per heavy atom. The topological polar surface area (TPSA) is 51.6 Å². The van der Waals surface area contributed by atoms with Gasteiger partial charge >= 0.3 is 0 Å². The van der Waals surface area contributed by atoms with Crippen molar-refractivity contribution in [3.63, 3.8) is 0 Å². The molecule has 0 aliphatic carbocycles. The van der Waals surface area contributed by atoms with E-state index in [1.54, 1.807) is 0 Å². The van der Waals surface area contributed by atoms with E-state index in [0.717, 1.165) is 0 Å².